The monoisotopic (exact) mass is 487 g/mol. The van der Waals surface area contributed by atoms with Crippen molar-refractivity contribution in [3.8, 4) is 0 Å². The van der Waals surface area contributed by atoms with Gasteiger partial charge in [0, 0.05) is 51.3 Å². The zero-order valence-electron chi connectivity index (χ0n) is 16.4. The number of guanidine groups is 1. The summed E-state index contributed by atoms with van der Waals surface area (Å²) in [5.74, 6) is 0.852. The number of carbonyl (C=O) groups excluding carboxylic acids is 2. The molecule has 1 saturated heterocycles. The Morgan fingerprint density at radius 3 is 2.48 bits per heavy atom. The molecule has 27 heavy (non-hydrogen) atoms. The van der Waals surface area contributed by atoms with Crippen molar-refractivity contribution in [1.82, 2.24) is 20.9 Å². The van der Waals surface area contributed by atoms with E-state index in [0.717, 1.165) is 18.5 Å². The summed E-state index contributed by atoms with van der Waals surface area (Å²) in [5.41, 5.74) is 1.70. The third-order valence-electron chi connectivity index (χ3n) is 4.46. The van der Waals surface area contributed by atoms with Gasteiger partial charge in [-0.25, -0.2) is 0 Å². The summed E-state index contributed by atoms with van der Waals surface area (Å²) in [6.45, 7) is 5.96. The first-order valence-corrected chi connectivity index (χ1v) is 9.01. The highest BCUT2D eigenvalue weighted by Crippen LogP contribution is 2.12. The summed E-state index contributed by atoms with van der Waals surface area (Å²) in [5, 5.41) is 9.26. The Morgan fingerprint density at radius 1 is 1.26 bits per heavy atom. The van der Waals surface area contributed by atoms with E-state index in [1.54, 1.807) is 26.2 Å². The lowest BCUT2D eigenvalue weighted by Crippen LogP contribution is -2.45. The van der Waals surface area contributed by atoms with E-state index in [1.807, 2.05) is 30.9 Å². The largest absolute Gasteiger partial charge is 0.355 e. The van der Waals surface area contributed by atoms with Crippen LogP contribution < -0.4 is 16.0 Å². The van der Waals surface area contributed by atoms with E-state index in [0.29, 0.717) is 24.6 Å². The summed E-state index contributed by atoms with van der Waals surface area (Å²) >= 11 is 0. The second-order valence-corrected chi connectivity index (χ2v) is 6.77. The van der Waals surface area contributed by atoms with Gasteiger partial charge in [0.05, 0.1) is 0 Å². The quantitative estimate of drug-likeness (QED) is 0.335. The van der Waals surface area contributed by atoms with Crippen LogP contribution in [0.4, 0.5) is 0 Å². The number of amides is 2. The molecule has 0 aliphatic carbocycles. The smallest absolute Gasteiger partial charge is 0.251 e. The molecule has 0 saturated carbocycles. The number of halogens is 1. The number of carbonyl (C=O) groups is 2. The summed E-state index contributed by atoms with van der Waals surface area (Å²) in [6.07, 6.45) is 0.917. The zero-order valence-corrected chi connectivity index (χ0v) is 18.7. The first kappa shape index (κ1) is 23.2. The molecule has 150 valence electrons. The maximum atomic E-state index is 12.1. The molecule has 0 bridgehead atoms. The van der Waals surface area contributed by atoms with Gasteiger partial charge in [0.2, 0.25) is 5.91 Å². The first-order valence-electron chi connectivity index (χ1n) is 9.01. The highest BCUT2D eigenvalue weighted by molar-refractivity contribution is 14.0. The van der Waals surface area contributed by atoms with E-state index >= 15 is 0 Å². The lowest BCUT2D eigenvalue weighted by molar-refractivity contribution is -0.133. The molecule has 1 unspecified atom stereocenters. The van der Waals surface area contributed by atoms with Crippen molar-refractivity contribution >= 4 is 41.8 Å². The molecule has 0 radical (unpaired) electrons. The van der Waals surface area contributed by atoms with Gasteiger partial charge in [-0.1, -0.05) is 26.0 Å². The number of likely N-dealkylation sites (tertiary alicyclic amines) is 1. The minimum atomic E-state index is -0.0938. The molecule has 2 amide bonds. The molecular weight excluding hydrogens is 457 g/mol. The molecule has 1 aromatic carbocycles. The lowest BCUT2D eigenvalue weighted by atomic mass is 10.1. The molecule has 1 atom stereocenters. The molecule has 1 heterocycles. The number of nitrogens with one attached hydrogen (secondary N) is 3. The average Bonchev–Trinajstić information content (AvgIpc) is 3.12. The number of nitrogens with zero attached hydrogens (tertiary/aromatic N) is 2. The Balaban J connectivity index is 0.00000364. The van der Waals surface area contributed by atoms with E-state index in [-0.39, 0.29) is 47.8 Å². The van der Waals surface area contributed by atoms with Gasteiger partial charge >= 0.3 is 0 Å². The van der Waals surface area contributed by atoms with Crippen LogP contribution in [0.15, 0.2) is 29.3 Å². The molecule has 0 aromatic heterocycles. The Kier molecular flexibility index (Phi) is 9.54. The van der Waals surface area contributed by atoms with Gasteiger partial charge in [0.25, 0.3) is 5.91 Å². The third-order valence-corrected chi connectivity index (χ3v) is 4.46. The Morgan fingerprint density at radius 2 is 1.93 bits per heavy atom. The maximum absolute atomic E-state index is 12.1. The van der Waals surface area contributed by atoms with Gasteiger partial charge in [0.1, 0.15) is 0 Å². The molecule has 7 nitrogen and oxygen atoms in total. The van der Waals surface area contributed by atoms with Crippen molar-refractivity contribution in [2.75, 3.05) is 27.2 Å². The molecular formula is C19H30IN5O2. The van der Waals surface area contributed by atoms with Crippen molar-refractivity contribution in [3.05, 3.63) is 35.4 Å². The molecule has 1 aliphatic heterocycles. The average molecular weight is 487 g/mol. The van der Waals surface area contributed by atoms with Crippen LogP contribution in [0.2, 0.25) is 0 Å². The summed E-state index contributed by atoms with van der Waals surface area (Å²) in [6, 6.07) is 7.66. The molecule has 1 aromatic rings. The van der Waals surface area contributed by atoms with E-state index in [9.17, 15) is 9.59 Å². The zero-order chi connectivity index (χ0) is 19.1. The SMILES string of the molecule is CN=C(NCc1ccc(C(=O)NC)cc1)NC1CCN(C(=O)C(C)C)C1.I. The van der Waals surface area contributed by atoms with Crippen LogP contribution in [0.1, 0.15) is 36.2 Å². The molecule has 0 spiro atoms. The van der Waals surface area contributed by atoms with Crippen molar-refractivity contribution < 1.29 is 9.59 Å². The standard InChI is InChI=1S/C19H29N5O2.HI/c1-13(2)18(26)24-10-9-16(12-24)23-19(21-4)22-11-14-5-7-15(8-6-14)17(25)20-3;/h5-8,13,16H,9-12H2,1-4H3,(H,20,25)(H2,21,22,23);1H. The highest BCUT2D eigenvalue weighted by Gasteiger charge is 2.27. The second kappa shape index (κ2) is 11.1. The Hall–Kier alpha value is -1.84. The van der Waals surface area contributed by atoms with Gasteiger partial charge in [-0.15, -0.1) is 24.0 Å². The summed E-state index contributed by atoms with van der Waals surface area (Å²) in [7, 11) is 3.35. The number of rotatable bonds is 5. The van der Waals surface area contributed by atoms with Crippen molar-refractivity contribution in [1.29, 1.82) is 0 Å². The highest BCUT2D eigenvalue weighted by atomic mass is 127. The number of hydrogen-bond donors (Lipinski definition) is 3. The predicted molar refractivity (Wildman–Crippen MR) is 118 cm³/mol. The minimum Gasteiger partial charge on any atom is -0.355 e. The van der Waals surface area contributed by atoms with E-state index in [1.165, 1.54) is 0 Å². The van der Waals surface area contributed by atoms with Crippen molar-refractivity contribution in [2.24, 2.45) is 10.9 Å². The van der Waals surface area contributed by atoms with Gasteiger partial charge in [-0.2, -0.15) is 0 Å². The summed E-state index contributed by atoms with van der Waals surface area (Å²) < 4.78 is 0. The number of hydrogen-bond acceptors (Lipinski definition) is 3. The van der Waals surface area contributed by atoms with E-state index in [4.69, 9.17) is 0 Å². The maximum Gasteiger partial charge on any atom is 0.251 e. The van der Waals surface area contributed by atoms with E-state index < -0.39 is 0 Å². The van der Waals surface area contributed by atoms with Gasteiger partial charge in [-0.05, 0) is 24.1 Å². The van der Waals surface area contributed by atoms with Crippen LogP contribution in [-0.4, -0.2) is 55.9 Å². The fraction of sp³-hybridized carbons (Fsp3) is 0.526. The van der Waals surface area contributed by atoms with Crippen LogP contribution >= 0.6 is 24.0 Å². The molecule has 8 heteroatoms. The molecule has 1 aliphatic rings. The minimum absolute atomic E-state index is 0. The number of aliphatic imine (C=N–C) groups is 1. The van der Waals surface area contributed by atoms with Crippen LogP contribution in [0.25, 0.3) is 0 Å². The second-order valence-electron chi connectivity index (χ2n) is 6.77. The topological polar surface area (TPSA) is 85.8 Å². The van der Waals surface area contributed by atoms with Gasteiger partial charge in [-0.3, -0.25) is 14.6 Å². The van der Waals surface area contributed by atoms with Crippen LogP contribution in [0.5, 0.6) is 0 Å². The van der Waals surface area contributed by atoms with Gasteiger partial charge in [0.15, 0.2) is 5.96 Å². The van der Waals surface area contributed by atoms with E-state index in [2.05, 4.69) is 20.9 Å². The fourth-order valence-electron chi connectivity index (χ4n) is 2.94. The molecule has 1 fully saturated rings. The van der Waals surface area contributed by atoms with Crippen molar-refractivity contribution in [3.63, 3.8) is 0 Å². The third kappa shape index (κ3) is 6.67. The van der Waals surface area contributed by atoms with Crippen molar-refractivity contribution in [2.45, 2.75) is 32.9 Å². The predicted octanol–water partition coefficient (Wildman–Crippen LogP) is 1.59. The lowest BCUT2D eigenvalue weighted by Gasteiger charge is -2.20. The molecule has 2 rings (SSSR count). The molecule has 3 N–H and O–H groups in total. The Bertz CT molecular complexity index is 661. The number of benzene rings is 1. The normalized spacial score (nSPS) is 16.7. The fourth-order valence-corrected chi connectivity index (χ4v) is 2.94. The summed E-state index contributed by atoms with van der Waals surface area (Å²) in [4.78, 5) is 29.8. The first-order chi connectivity index (χ1) is 12.4. The van der Waals surface area contributed by atoms with Crippen LogP contribution in [0.3, 0.4) is 0 Å². The van der Waals surface area contributed by atoms with Gasteiger partial charge < -0.3 is 20.9 Å². The van der Waals surface area contributed by atoms with Crippen LogP contribution in [0, 0.1) is 5.92 Å². The Labute approximate surface area is 178 Å². The van der Waals surface area contributed by atoms with Crippen LogP contribution in [-0.2, 0) is 11.3 Å².